The molecule has 0 aliphatic rings. The molecule has 28 heavy (non-hydrogen) atoms. The van der Waals surface area contributed by atoms with Crippen LogP contribution in [-0.2, 0) is 6.54 Å². The molecule has 4 heteroatoms. The lowest BCUT2D eigenvalue weighted by atomic mass is 10.1. The summed E-state index contributed by atoms with van der Waals surface area (Å²) < 4.78 is 3.43. The molecular formula is C24H17N3S. The zero-order valence-electron chi connectivity index (χ0n) is 15.4. The summed E-state index contributed by atoms with van der Waals surface area (Å²) in [6, 6.07) is 25.2. The molecule has 0 N–H and O–H groups in total. The standard InChI is InChI=1S/C24H17N3S/c1-2-27-21-9-5-3-7-18(21)19-14-16(11-12-22(19)27)13-17(15-25)24-26-20-8-4-6-10-23(20)28-24/h3-14H,2H2,1H3. The van der Waals surface area contributed by atoms with Crippen molar-refractivity contribution in [2.75, 3.05) is 0 Å². The predicted molar refractivity (Wildman–Crippen MR) is 118 cm³/mol. The number of nitriles is 1. The Labute approximate surface area is 166 Å². The normalized spacial score (nSPS) is 12.1. The molecular weight excluding hydrogens is 362 g/mol. The van der Waals surface area contributed by atoms with Gasteiger partial charge in [0, 0.05) is 28.4 Å². The van der Waals surface area contributed by atoms with Crippen molar-refractivity contribution in [1.29, 1.82) is 5.26 Å². The van der Waals surface area contributed by atoms with Gasteiger partial charge in [-0.2, -0.15) is 5.26 Å². The van der Waals surface area contributed by atoms with Gasteiger partial charge in [0.1, 0.15) is 11.1 Å². The quantitative estimate of drug-likeness (QED) is 0.336. The average Bonchev–Trinajstić information content (AvgIpc) is 3.30. The van der Waals surface area contributed by atoms with Crippen LogP contribution in [-0.4, -0.2) is 9.55 Å². The van der Waals surface area contributed by atoms with E-state index < -0.39 is 0 Å². The number of para-hydroxylation sites is 2. The highest BCUT2D eigenvalue weighted by atomic mass is 32.1. The molecule has 0 aliphatic heterocycles. The van der Waals surface area contributed by atoms with E-state index in [1.165, 1.54) is 21.8 Å². The van der Waals surface area contributed by atoms with Crippen molar-refractivity contribution in [3.63, 3.8) is 0 Å². The first-order valence-corrected chi connectivity index (χ1v) is 10.1. The number of hydrogen-bond acceptors (Lipinski definition) is 3. The summed E-state index contributed by atoms with van der Waals surface area (Å²) in [5.41, 5.74) is 5.01. The number of nitrogens with zero attached hydrogens (tertiary/aromatic N) is 3. The van der Waals surface area contributed by atoms with Crippen LogP contribution in [0.15, 0.2) is 66.7 Å². The number of allylic oxidation sites excluding steroid dienone is 1. The molecule has 0 amide bonds. The number of hydrogen-bond donors (Lipinski definition) is 0. The molecule has 5 rings (SSSR count). The smallest absolute Gasteiger partial charge is 0.135 e. The molecule has 0 bridgehead atoms. The van der Waals surface area contributed by atoms with Crippen molar-refractivity contribution in [1.82, 2.24) is 9.55 Å². The lowest BCUT2D eigenvalue weighted by Gasteiger charge is -2.03. The Kier molecular flexibility index (Phi) is 3.96. The molecule has 2 heterocycles. The van der Waals surface area contributed by atoms with Gasteiger partial charge in [-0.05, 0) is 48.9 Å². The van der Waals surface area contributed by atoms with Crippen LogP contribution in [0.4, 0.5) is 0 Å². The second kappa shape index (κ2) is 6.63. The van der Waals surface area contributed by atoms with Gasteiger partial charge in [0.15, 0.2) is 0 Å². The van der Waals surface area contributed by atoms with E-state index in [1.807, 2.05) is 30.3 Å². The highest BCUT2D eigenvalue weighted by Gasteiger charge is 2.11. The molecule has 0 aliphatic carbocycles. The maximum Gasteiger partial charge on any atom is 0.135 e. The van der Waals surface area contributed by atoms with Crippen molar-refractivity contribution < 1.29 is 0 Å². The van der Waals surface area contributed by atoms with E-state index >= 15 is 0 Å². The SMILES string of the molecule is CCn1c2ccccc2c2cc(C=C(C#N)c3nc4ccccc4s3)ccc21. The summed E-state index contributed by atoms with van der Waals surface area (Å²) >= 11 is 1.56. The molecule has 0 radical (unpaired) electrons. The van der Waals surface area contributed by atoms with Crippen molar-refractivity contribution in [3.8, 4) is 6.07 Å². The summed E-state index contributed by atoms with van der Waals surface area (Å²) in [5, 5.41) is 13.0. The van der Waals surface area contributed by atoms with E-state index in [4.69, 9.17) is 0 Å². The third-order valence-electron chi connectivity index (χ3n) is 5.07. The predicted octanol–water partition coefficient (Wildman–Crippen LogP) is 6.49. The van der Waals surface area contributed by atoms with Crippen molar-refractivity contribution in [2.24, 2.45) is 0 Å². The van der Waals surface area contributed by atoms with Crippen molar-refractivity contribution >= 4 is 55.0 Å². The lowest BCUT2D eigenvalue weighted by Crippen LogP contribution is -1.92. The van der Waals surface area contributed by atoms with Crippen LogP contribution in [0.5, 0.6) is 0 Å². The van der Waals surface area contributed by atoms with Crippen LogP contribution >= 0.6 is 11.3 Å². The molecule has 0 saturated heterocycles. The zero-order valence-corrected chi connectivity index (χ0v) is 16.2. The zero-order chi connectivity index (χ0) is 19.1. The fourth-order valence-corrected chi connectivity index (χ4v) is 4.73. The third-order valence-corrected chi connectivity index (χ3v) is 6.14. The molecule has 134 valence electrons. The summed E-state index contributed by atoms with van der Waals surface area (Å²) in [6.07, 6.45) is 1.94. The van der Waals surface area contributed by atoms with Crippen molar-refractivity contribution in [2.45, 2.75) is 13.5 Å². The van der Waals surface area contributed by atoms with Crippen LogP contribution in [0, 0.1) is 11.3 Å². The number of fused-ring (bicyclic) bond motifs is 4. The lowest BCUT2D eigenvalue weighted by molar-refractivity contribution is 0.827. The van der Waals surface area contributed by atoms with E-state index in [1.54, 1.807) is 11.3 Å². The Hall–Kier alpha value is -3.42. The van der Waals surface area contributed by atoms with Gasteiger partial charge < -0.3 is 4.57 Å². The van der Waals surface area contributed by atoms with Gasteiger partial charge in [-0.15, -0.1) is 11.3 Å². The molecule has 0 unspecified atom stereocenters. The number of rotatable bonds is 3. The minimum absolute atomic E-state index is 0.597. The van der Waals surface area contributed by atoms with Crippen LogP contribution in [0.25, 0.3) is 43.7 Å². The Morgan fingerprint density at radius 2 is 1.82 bits per heavy atom. The molecule has 3 nitrogen and oxygen atoms in total. The fraction of sp³-hybridized carbons (Fsp3) is 0.0833. The molecule has 0 fully saturated rings. The molecule has 0 spiro atoms. The summed E-state index contributed by atoms with van der Waals surface area (Å²) in [7, 11) is 0. The average molecular weight is 379 g/mol. The minimum Gasteiger partial charge on any atom is -0.341 e. The molecule has 0 saturated carbocycles. The highest BCUT2D eigenvalue weighted by Crippen LogP contribution is 2.32. The molecule has 0 atom stereocenters. The van der Waals surface area contributed by atoms with E-state index in [-0.39, 0.29) is 0 Å². The number of benzene rings is 3. The molecule has 3 aromatic carbocycles. The Bertz CT molecular complexity index is 1380. The second-order valence-electron chi connectivity index (χ2n) is 6.69. The fourth-order valence-electron chi connectivity index (χ4n) is 3.80. The number of thiazole rings is 1. The van der Waals surface area contributed by atoms with Crippen molar-refractivity contribution in [3.05, 3.63) is 77.3 Å². The van der Waals surface area contributed by atoms with Gasteiger partial charge in [0.25, 0.3) is 0 Å². The van der Waals surface area contributed by atoms with E-state index in [0.29, 0.717) is 5.57 Å². The van der Waals surface area contributed by atoms with Gasteiger partial charge in [-0.3, -0.25) is 0 Å². The largest absolute Gasteiger partial charge is 0.341 e. The van der Waals surface area contributed by atoms with Gasteiger partial charge in [0.05, 0.1) is 15.8 Å². The first-order chi connectivity index (χ1) is 13.8. The first kappa shape index (κ1) is 16.7. The van der Waals surface area contributed by atoms with Crippen LogP contribution in [0.3, 0.4) is 0 Å². The number of aryl methyl sites for hydroxylation is 1. The first-order valence-electron chi connectivity index (χ1n) is 9.27. The maximum atomic E-state index is 9.74. The van der Waals surface area contributed by atoms with Gasteiger partial charge >= 0.3 is 0 Å². The highest BCUT2D eigenvalue weighted by molar-refractivity contribution is 7.19. The Morgan fingerprint density at radius 1 is 1.04 bits per heavy atom. The van der Waals surface area contributed by atoms with Crippen LogP contribution in [0.2, 0.25) is 0 Å². The molecule has 2 aromatic heterocycles. The van der Waals surface area contributed by atoms with Gasteiger partial charge in [-0.25, -0.2) is 4.98 Å². The maximum absolute atomic E-state index is 9.74. The third kappa shape index (κ3) is 2.60. The van der Waals surface area contributed by atoms with Gasteiger partial charge in [0.2, 0.25) is 0 Å². The second-order valence-corrected chi connectivity index (χ2v) is 7.73. The Morgan fingerprint density at radius 3 is 2.64 bits per heavy atom. The Balaban J connectivity index is 1.67. The monoisotopic (exact) mass is 379 g/mol. The molecule has 5 aromatic rings. The van der Waals surface area contributed by atoms with E-state index in [9.17, 15) is 5.26 Å². The van der Waals surface area contributed by atoms with E-state index in [0.717, 1.165) is 27.3 Å². The van der Waals surface area contributed by atoms with Crippen LogP contribution < -0.4 is 0 Å². The summed E-state index contributed by atoms with van der Waals surface area (Å²) in [5.74, 6) is 0. The summed E-state index contributed by atoms with van der Waals surface area (Å²) in [4.78, 5) is 4.63. The topological polar surface area (TPSA) is 41.6 Å². The summed E-state index contributed by atoms with van der Waals surface area (Å²) in [6.45, 7) is 3.09. The minimum atomic E-state index is 0.597. The van der Waals surface area contributed by atoms with Gasteiger partial charge in [-0.1, -0.05) is 36.4 Å². The van der Waals surface area contributed by atoms with Crippen LogP contribution in [0.1, 0.15) is 17.5 Å². The van der Waals surface area contributed by atoms with E-state index in [2.05, 4.69) is 65.0 Å². The number of aromatic nitrogens is 2.